The van der Waals surface area contributed by atoms with Crippen LogP contribution >= 0.6 is 0 Å². The molecule has 0 radical (unpaired) electrons. The highest BCUT2D eigenvalue weighted by Gasteiger charge is 2.19. The second kappa shape index (κ2) is 7.02. The van der Waals surface area contributed by atoms with E-state index in [9.17, 15) is 17.2 Å². The minimum atomic E-state index is -3.38. The van der Waals surface area contributed by atoms with E-state index in [4.69, 9.17) is 0 Å². The average molecular weight is 337 g/mol. The van der Waals surface area contributed by atoms with Crippen molar-refractivity contribution in [1.82, 2.24) is 5.32 Å². The van der Waals surface area contributed by atoms with E-state index >= 15 is 0 Å². The van der Waals surface area contributed by atoms with Crippen molar-refractivity contribution in [2.24, 2.45) is 0 Å². The molecule has 2 rings (SSSR count). The van der Waals surface area contributed by atoms with E-state index in [-0.39, 0.29) is 10.5 Å². The molecule has 23 heavy (non-hydrogen) atoms. The van der Waals surface area contributed by atoms with Gasteiger partial charge in [0, 0.05) is 24.4 Å². The molecule has 0 amide bonds. The number of halogens is 2. The van der Waals surface area contributed by atoms with Crippen LogP contribution in [-0.2, 0) is 9.84 Å². The molecule has 2 aromatic rings. The number of hydrogen-bond donors (Lipinski definition) is 1. The van der Waals surface area contributed by atoms with E-state index in [1.54, 1.807) is 18.2 Å². The fraction of sp³-hybridized carbons (Fsp3) is 0.176. The maximum atomic E-state index is 14.1. The highest BCUT2D eigenvalue weighted by atomic mass is 32.2. The minimum Gasteiger partial charge on any atom is -0.303 e. The molecule has 122 valence electrons. The summed E-state index contributed by atoms with van der Waals surface area (Å²) in [5, 5.41) is 3.07. The van der Waals surface area contributed by atoms with Crippen molar-refractivity contribution >= 4 is 9.84 Å². The fourth-order valence-electron chi connectivity index (χ4n) is 2.27. The lowest BCUT2D eigenvalue weighted by Crippen LogP contribution is -2.23. The molecule has 0 aliphatic heterocycles. The van der Waals surface area contributed by atoms with Gasteiger partial charge in [-0.05, 0) is 23.8 Å². The van der Waals surface area contributed by atoms with Gasteiger partial charge in [0.05, 0.1) is 10.9 Å². The summed E-state index contributed by atoms with van der Waals surface area (Å²) in [4.78, 5) is 0.142. The predicted octanol–water partition coefficient (Wildman–Crippen LogP) is 3.23. The van der Waals surface area contributed by atoms with E-state index < -0.39 is 27.5 Å². The largest absolute Gasteiger partial charge is 0.303 e. The first-order valence-electron chi connectivity index (χ1n) is 6.92. The Hall–Kier alpha value is -2.05. The van der Waals surface area contributed by atoms with Crippen molar-refractivity contribution in [1.29, 1.82) is 0 Å². The highest BCUT2D eigenvalue weighted by Crippen LogP contribution is 2.26. The normalized spacial score (nSPS) is 12.8. The molecular formula is C17H17F2NO2S. The SMILES string of the molecule is C=CCNC(c1cccc(S(C)(=O)=O)c1)c1ccc(F)cc1F. The van der Waals surface area contributed by atoms with Crippen molar-refractivity contribution < 1.29 is 17.2 Å². The molecule has 2 aromatic carbocycles. The first kappa shape index (κ1) is 17.3. The van der Waals surface area contributed by atoms with Gasteiger partial charge in [-0.1, -0.05) is 24.3 Å². The molecule has 0 aliphatic rings. The monoisotopic (exact) mass is 337 g/mol. The maximum absolute atomic E-state index is 14.1. The van der Waals surface area contributed by atoms with Gasteiger partial charge in [-0.3, -0.25) is 0 Å². The molecule has 0 bridgehead atoms. The first-order chi connectivity index (χ1) is 10.8. The van der Waals surface area contributed by atoms with Gasteiger partial charge in [0.15, 0.2) is 9.84 Å². The summed E-state index contributed by atoms with van der Waals surface area (Å²) in [7, 11) is -3.38. The van der Waals surface area contributed by atoms with Gasteiger partial charge < -0.3 is 5.32 Å². The summed E-state index contributed by atoms with van der Waals surface area (Å²) in [6, 6.07) is 8.95. The summed E-state index contributed by atoms with van der Waals surface area (Å²) >= 11 is 0. The van der Waals surface area contributed by atoms with Crippen LogP contribution in [0, 0.1) is 11.6 Å². The molecule has 0 fully saturated rings. The molecule has 0 saturated carbocycles. The number of nitrogens with one attached hydrogen (secondary N) is 1. The van der Waals surface area contributed by atoms with Crippen molar-refractivity contribution in [2.75, 3.05) is 12.8 Å². The van der Waals surface area contributed by atoms with E-state index in [1.807, 2.05) is 0 Å². The van der Waals surface area contributed by atoms with Gasteiger partial charge in [0.2, 0.25) is 0 Å². The third-order valence-corrected chi connectivity index (χ3v) is 4.47. The lowest BCUT2D eigenvalue weighted by Gasteiger charge is -2.20. The van der Waals surface area contributed by atoms with E-state index in [2.05, 4.69) is 11.9 Å². The van der Waals surface area contributed by atoms with Gasteiger partial charge in [0.1, 0.15) is 11.6 Å². The molecular weight excluding hydrogens is 320 g/mol. The second-order valence-electron chi connectivity index (χ2n) is 5.14. The Morgan fingerprint density at radius 3 is 2.57 bits per heavy atom. The van der Waals surface area contributed by atoms with Crippen molar-refractivity contribution in [2.45, 2.75) is 10.9 Å². The van der Waals surface area contributed by atoms with Crippen molar-refractivity contribution in [3.8, 4) is 0 Å². The van der Waals surface area contributed by atoms with Crippen LogP contribution in [0.2, 0.25) is 0 Å². The van der Waals surface area contributed by atoms with Crippen LogP contribution in [0.15, 0.2) is 60.0 Å². The molecule has 1 unspecified atom stereocenters. The van der Waals surface area contributed by atoms with Crippen LogP contribution in [0.25, 0.3) is 0 Å². The number of benzene rings is 2. The van der Waals surface area contributed by atoms with Crippen molar-refractivity contribution in [3.63, 3.8) is 0 Å². The van der Waals surface area contributed by atoms with Gasteiger partial charge >= 0.3 is 0 Å². The van der Waals surface area contributed by atoms with Crippen LogP contribution in [-0.4, -0.2) is 21.2 Å². The lowest BCUT2D eigenvalue weighted by molar-refractivity contribution is 0.545. The number of hydrogen-bond acceptors (Lipinski definition) is 3. The summed E-state index contributed by atoms with van der Waals surface area (Å²) < 4.78 is 50.7. The summed E-state index contributed by atoms with van der Waals surface area (Å²) in [6.45, 7) is 3.98. The quantitative estimate of drug-likeness (QED) is 0.823. The minimum absolute atomic E-state index is 0.142. The van der Waals surface area contributed by atoms with Gasteiger partial charge in [-0.15, -0.1) is 6.58 Å². The Morgan fingerprint density at radius 2 is 1.96 bits per heavy atom. The topological polar surface area (TPSA) is 46.2 Å². The molecule has 0 heterocycles. The maximum Gasteiger partial charge on any atom is 0.175 e. The lowest BCUT2D eigenvalue weighted by atomic mass is 9.98. The summed E-state index contributed by atoms with van der Waals surface area (Å²) in [6.07, 6.45) is 2.71. The predicted molar refractivity (Wildman–Crippen MR) is 86.0 cm³/mol. The first-order valence-corrected chi connectivity index (χ1v) is 8.81. The van der Waals surface area contributed by atoms with Gasteiger partial charge in [-0.25, -0.2) is 17.2 Å². The van der Waals surface area contributed by atoms with Crippen LogP contribution < -0.4 is 5.32 Å². The van der Waals surface area contributed by atoms with Gasteiger partial charge in [0.25, 0.3) is 0 Å². The Balaban J connectivity index is 2.53. The number of sulfone groups is 1. The Bertz CT molecular complexity index is 819. The van der Waals surface area contributed by atoms with Gasteiger partial charge in [-0.2, -0.15) is 0 Å². The molecule has 1 atom stereocenters. The van der Waals surface area contributed by atoms with E-state index in [0.717, 1.165) is 12.3 Å². The smallest absolute Gasteiger partial charge is 0.175 e. The standard InChI is InChI=1S/C17H17F2NO2S/c1-3-9-20-17(15-8-7-13(18)11-16(15)19)12-5-4-6-14(10-12)23(2,21)22/h3-8,10-11,17,20H,1,9H2,2H3. The molecule has 0 aromatic heterocycles. The third kappa shape index (κ3) is 4.24. The fourth-order valence-corrected chi connectivity index (χ4v) is 2.94. The van der Waals surface area contributed by atoms with Crippen LogP contribution in [0.4, 0.5) is 8.78 Å². The third-order valence-electron chi connectivity index (χ3n) is 3.36. The average Bonchev–Trinajstić information content (AvgIpc) is 2.49. The zero-order chi connectivity index (χ0) is 17.0. The summed E-state index contributed by atoms with van der Waals surface area (Å²) in [5.41, 5.74) is 0.805. The van der Waals surface area contributed by atoms with Crippen LogP contribution in [0.5, 0.6) is 0 Å². The molecule has 1 N–H and O–H groups in total. The zero-order valence-corrected chi connectivity index (χ0v) is 13.4. The van der Waals surface area contributed by atoms with Crippen LogP contribution in [0.1, 0.15) is 17.2 Å². The molecule has 0 aliphatic carbocycles. The van der Waals surface area contributed by atoms with Crippen molar-refractivity contribution in [3.05, 3.63) is 77.9 Å². The number of rotatable bonds is 6. The van der Waals surface area contributed by atoms with Crippen LogP contribution in [0.3, 0.4) is 0 Å². The summed E-state index contributed by atoms with van der Waals surface area (Å²) in [5.74, 6) is -1.37. The molecule has 6 heteroatoms. The second-order valence-corrected chi connectivity index (χ2v) is 7.16. The Kier molecular flexibility index (Phi) is 5.28. The molecule has 3 nitrogen and oxygen atoms in total. The Labute approximate surface area is 134 Å². The zero-order valence-electron chi connectivity index (χ0n) is 12.6. The van der Waals surface area contributed by atoms with E-state index in [0.29, 0.717) is 12.1 Å². The molecule has 0 saturated heterocycles. The Morgan fingerprint density at radius 1 is 1.22 bits per heavy atom. The van der Waals surface area contributed by atoms with E-state index in [1.165, 1.54) is 24.3 Å². The highest BCUT2D eigenvalue weighted by molar-refractivity contribution is 7.90. The molecule has 0 spiro atoms.